The first-order valence-electron chi connectivity index (χ1n) is 5.38. The highest BCUT2D eigenvalue weighted by Crippen LogP contribution is 2.11. The predicted octanol–water partition coefficient (Wildman–Crippen LogP) is 1.17. The predicted molar refractivity (Wildman–Crippen MR) is 61.3 cm³/mol. The van der Waals surface area contributed by atoms with Gasteiger partial charge in [-0.05, 0) is 18.6 Å². The topological polar surface area (TPSA) is 42.1 Å². The van der Waals surface area contributed by atoms with Crippen molar-refractivity contribution in [1.82, 2.24) is 9.88 Å². The molecule has 0 spiro atoms. The van der Waals surface area contributed by atoms with Crippen LogP contribution in [0.4, 0.5) is 0 Å². The number of nitrogens with zero attached hydrogens (tertiary/aromatic N) is 2. The molecule has 2 N–H and O–H groups in total. The first kappa shape index (κ1) is 10.3. The summed E-state index contributed by atoms with van der Waals surface area (Å²) in [6, 6.07) is 6.06. The summed E-state index contributed by atoms with van der Waals surface area (Å²) in [5, 5.41) is 0. The number of pyridine rings is 1. The molecule has 0 atom stereocenters. The molecule has 0 amide bonds. The minimum Gasteiger partial charge on any atom is -0.327 e. The van der Waals surface area contributed by atoms with Crippen LogP contribution < -0.4 is 5.73 Å². The van der Waals surface area contributed by atoms with Gasteiger partial charge in [-0.15, -0.1) is 0 Å². The zero-order chi connectivity index (χ0) is 10.5. The Hall–Kier alpha value is -1.19. The van der Waals surface area contributed by atoms with Crippen LogP contribution in [-0.4, -0.2) is 29.5 Å². The van der Waals surface area contributed by atoms with Gasteiger partial charge in [-0.2, -0.15) is 0 Å². The van der Waals surface area contributed by atoms with Gasteiger partial charge < -0.3 is 5.73 Å². The maximum Gasteiger partial charge on any atom is 0.0544 e. The van der Waals surface area contributed by atoms with E-state index in [9.17, 15) is 0 Å². The molecule has 2 heterocycles. The third-order valence-electron chi connectivity index (χ3n) is 2.76. The van der Waals surface area contributed by atoms with Crippen LogP contribution in [0.25, 0.3) is 0 Å². The summed E-state index contributed by atoms with van der Waals surface area (Å²) in [5.41, 5.74) is 8.12. The number of aromatic nitrogens is 1. The first-order valence-corrected chi connectivity index (χ1v) is 5.38. The summed E-state index contributed by atoms with van der Waals surface area (Å²) in [6.07, 6.45) is 5.19. The summed E-state index contributed by atoms with van der Waals surface area (Å²) in [7, 11) is 0. The Morgan fingerprint density at radius 2 is 2.33 bits per heavy atom. The van der Waals surface area contributed by atoms with Crippen LogP contribution in [-0.2, 0) is 6.54 Å². The fourth-order valence-electron chi connectivity index (χ4n) is 1.80. The Bertz CT molecular complexity index is 332. The standard InChI is InChI=1S/C12H17N3/c13-9-11-4-7-15(8-5-11)10-12-3-1-2-6-14-12/h1-4,6H,5,7-10,13H2. The van der Waals surface area contributed by atoms with Crippen molar-refractivity contribution in [2.75, 3.05) is 19.6 Å². The van der Waals surface area contributed by atoms with E-state index in [-0.39, 0.29) is 0 Å². The molecule has 15 heavy (non-hydrogen) atoms. The van der Waals surface area contributed by atoms with Crippen LogP contribution in [0.3, 0.4) is 0 Å². The molecule has 80 valence electrons. The normalized spacial score (nSPS) is 17.5. The summed E-state index contributed by atoms with van der Waals surface area (Å²) in [5.74, 6) is 0. The second-order valence-electron chi connectivity index (χ2n) is 3.87. The Morgan fingerprint density at radius 1 is 1.40 bits per heavy atom. The van der Waals surface area contributed by atoms with Crippen molar-refractivity contribution < 1.29 is 0 Å². The third-order valence-corrected chi connectivity index (χ3v) is 2.76. The average Bonchev–Trinajstić information content (AvgIpc) is 2.31. The fraction of sp³-hybridized carbons (Fsp3) is 0.417. The van der Waals surface area contributed by atoms with Crippen molar-refractivity contribution >= 4 is 0 Å². The molecule has 0 radical (unpaired) electrons. The second-order valence-corrected chi connectivity index (χ2v) is 3.87. The van der Waals surface area contributed by atoms with Crippen molar-refractivity contribution in [1.29, 1.82) is 0 Å². The molecule has 2 rings (SSSR count). The summed E-state index contributed by atoms with van der Waals surface area (Å²) < 4.78 is 0. The van der Waals surface area contributed by atoms with Crippen molar-refractivity contribution in [3.8, 4) is 0 Å². The molecule has 0 fully saturated rings. The molecular weight excluding hydrogens is 186 g/mol. The van der Waals surface area contributed by atoms with Crippen LogP contribution in [0.5, 0.6) is 0 Å². The van der Waals surface area contributed by atoms with E-state index in [1.165, 1.54) is 5.57 Å². The third kappa shape index (κ3) is 2.88. The summed E-state index contributed by atoms with van der Waals surface area (Å²) >= 11 is 0. The number of rotatable bonds is 3. The molecule has 3 nitrogen and oxygen atoms in total. The molecular formula is C12H17N3. The molecule has 0 bridgehead atoms. The molecule has 1 aromatic heterocycles. The van der Waals surface area contributed by atoms with Crippen molar-refractivity contribution in [2.24, 2.45) is 5.73 Å². The van der Waals surface area contributed by atoms with E-state index in [1.807, 2.05) is 18.3 Å². The van der Waals surface area contributed by atoms with Crippen molar-refractivity contribution in [2.45, 2.75) is 13.0 Å². The van der Waals surface area contributed by atoms with Crippen LogP contribution in [0, 0.1) is 0 Å². The van der Waals surface area contributed by atoms with Crippen LogP contribution in [0.1, 0.15) is 12.1 Å². The van der Waals surface area contributed by atoms with E-state index in [0.717, 1.165) is 31.7 Å². The molecule has 3 heteroatoms. The summed E-state index contributed by atoms with van der Waals surface area (Å²) in [4.78, 5) is 6.72. The maximum atomic E-state index is 5.60. The van der Waals surface area contributed by atoms with Gasteiger partial charge in [0.2, 0.25) is 0 Å². The largest absolute Gasteiger partial charge is 0.327 e. The zero-order valence-electron chi connectivity index (χ0n) is 8.89. The molecule has 1 aliphatic heterocycles. The van der Waals surface area contributed by atoms with Gasteiger partial charge in [0.25, 0.3) is 0 Å². The Balaban J connectivity index is 1.90. The minimum absolute atomic E-state index is 0.706. The van der Waals surface area contributed by atoms with E-state index in [4.69, 9.17) is 5.73 Å². The average molecular weight is 203 g/mol. The first-order chi connectivity index (χ1) is 7.38. The molecule has 0 aliphatic carbocycles. The molecule has 1 aromatic rings. The maximum absolute atomic E-state index is 5.60. The van der Waals surface area contributed by atoms with Gasteiger partial charge in [-0.1, -0.05) is 17.7 Å². The second kappa shape index (κ2) is 5.05. The lowest BCUT2D eigenvalue weighted by Crippen LogP contribution is -2.29. The minimum atomic E-state index is 0.706. The molecule has 0 saturated carbocycles. The van der Waals surface area contributed by atoms with Gasteiger partial charge in [0.1, 0.15) is 0 Å². The highest BCUT2D eigenvalue weighted by atomic mass is 15.1. The Morgan fingerprint density at radius 3 is 2.93 bits per heavy atom. The van der Waals surface area contributed by atoms with E-state index in [0.29, 0.717) is 6.54 Å². The molecule has 0 unspecified atom stereocenters. The molecule has 0 aromatic carbocycles. The highest BCUT2D eigenvalue weighted by Gasteiger charge is 2.10. The van der Waals surface area contributed by atoms with Crippen molar-refractivity contribution in [3.05, 3.63) is 41.7 Å². The lowest BCUT2D eigenvalue weighted by atomic mass is 10.1. The van der Waals surface area contributed by atoms with E-state index < -0.39 is 0 Å². The van der Waals surface area contributed by atoms with Crippen LogP contribution in [0.15, 0.2) is 36.0 Å². The van der Waals surface area contributed by atoms with Gasteiger partial charge in [0.05, 0.1) is 5.69 Å². The quantitative estimate of drug-likeness (QED) is 0.750. The highest BCUT2D eigenvalue weighted by molar-refractivity contribution is 5.10. The van der Waals surface area contributed by atoms with Crippen molar-refractivity contribution in [3.63, 3.8) is 0 Å². The lowest BCUT2D eigenvalue weighted by Gasteiger charge is -2.25. The smallest absolute Gasteiger partial charge is 0.0544 e. The lowest BCUT2D eigenvalue weighted by molar-refractivity contribution is 0.282. The number of hydrogen-bond donors (Lipinski definition) is 1. The van der Waals surface area contributed by atoms with Crippen LogP contribution in [0.2, 0.25) is 0 Å². The van der Waals surface area contributed by atoms with E-state index in [2.05, 4.69) is 22.0 Å². The van der Waals surface area contributed by atoms with E-state index >= 15 is 0 Å². The molecule has 1 aliphatic rings. The van der Waals surface area contributed by atoms with Crippen LogP contribution >= 0.6 is 0 Å². The molecule has 0 saturated heterocycles. The zero-order valence-corrected chi connectivity index (χ0v) is 8.89. The number of hydrogen-bond acceptors (Lipinski definition) is 3. The number of nitrogens with two attached hydrogens (primary N) is 1. The van der Waals surface area contributed by atoms with Gasteiger partial charge in [0.15, 0.2) is 0 Å². The van der Waals surface area contributed by atoms with Gasteiger partial charge in [-0.3, -0.25) is 9.88 Å². The van der Waals surface area contributed by atoms with Gasteiger partial charge in [0, 0.05) is 32.4 Å². The Kier molecular flexibility index (Phi) is 3.48. The Labute approximate surface area is 90.6 Å². The van der Waals surface area contributed by atoms with E-state index in [1.54, 1.807) is 0 Å². The van der Waals surface area contributed by atoms with Gasteiger partial charge >= 0.3 is 0 Å². The fourth-order valence-corrected chi connectivity index (χ4v) is 1.80. The van der Waals surface area contributed by atoms with Gasteiger partial charge in [-0.25, -0.2) is 0 Å². The summed E-state index contributed by atoms with van der Waals surface area (Å²) in [6.45, 7) is 3.75. The SMILES string of the molecule is NCC1=CCN(Cc2ccccn2)CC1. The monoisotopic (exact) mass is 203 g/mol.